The average Bonchev–Trinajstić information content (AvgIpc) is 2.15. The second-order valence-electron chi connectivity index (χ2n) is 2.99. The molecule has 0 aromatic heterocycles. The van der Waals surface area contributed by atoms with E-state index in [0.717, 1.165) is 5.75 Å². The van der Waals surface area contributed by atoms with Crippen LogP contribution >= 0.6 is 11.8 Å². The lowest BCUT2D eigenvalue weighted by molar-refractivity contribution is -0.141. The predicted octanol–water partition coefficient (Wildman–Crippen LogP) is 0.600. The van der Waals surface area contributed by atoms with Gasteiger partial charge < -0.3 is 15.4 Å². The fourth-order valence-corrected chi connectivity index (χ4v) is 1.51. The van der Waals surface area contributed by atoms with Crippen LogP contribution in [-0.4, -0.2) is 43.2 Å². The number of rotatable bonds is 6. The highest BCUT2D eigenvalue weighted by Crippen LogP contribution is 1.95. The van der Waals surface area contributed by atoms with Crippen LogP contribution in [-0.2, 0) is 9.53 Å². The molecular formula is C9H18N2O3S. The number of urea groups is 1. The van der Waals surface area contributed by atoms with Crippen molar-refractivity contribution in [3.05, 3.63) is 0 Å². The van der Waals surface area contributed by atoms with Crippen LogP contribution in [0.15, 0.2) is 0 Å². The minimum absolute atomic E-state index is 0.0854. The molecule has 15 heavy (non-hydrogen) atoms. The van der Waals surface area contributed by atoms with E-state index in [1.165, 1.54) is 0 Å². The fraction of sp³-hybridized carbons (Fsp3) is 0.778. The van der Waals surface area contributed by atoms with Gasteiger partial charge in [-0.05, 0) is 20.1 Å². The molecular weight excluding hydrogens is 216 g/mol. The van der Waals surface area contributed by atoms with E-state index >= 15 is 0 Å². The summed E-state index contributed by atoms with van der Waals surface area (Å²) in [6.07, 6.45) is 1.97. The standard InChI is InChI=1S/C9H18N2O3S/c1-4-14-8(12)5-10-9(13)11-7(2)6-15-3/h7H,4-6H2,1-3H3,(H2,10,11,13). The monoisotopic (exact) mass is 234 g/mol. The van der Waals surface area contributed by atoms with Crippen LogP contribution in [0.1, 0.15) is 13.8 Å². The van der Waals surface area contributed by atoms with Crippen LogP contribution in [0.2, 0.25) is 0 Å². The highest BCUT2D eigenvalue weighted by Gasteiger charge is 2.08. The maximum absolute atomic E-state index is 11.2. The first-order valence-electron chi connectivity index (χ1n) is 4.79. The van der Waals surface area contributed by atoms with Crippen molar-refractivity contribution < 1.29 is 14.3 Å². The summed E-state index contributed by atoms with van der Waals surface area (Å²) in [5.74, 6) is 0.414. The third-order valence-corrected chi connectivity index (χ3v) is 2.33. The first-order chi connectivity index (χ1) is 7.10. The zero-order valence-electron chi connectivity index (χ0n) is 9.33. The summed E-state index contributed by atoms with van der Waals surface area (Å²) >= 11 is 1.65. The normalized spacial score (nSPS) is 11.7. The largest absolute Gasteiger partial charge is 0.465 e. The Morgan fingerprint density at radius 1 is 1.47 bits per heavy atom. The third-order valence-electron chi connectivity index (χ3n) is 1.49. The molecule has 5 nitrogen and oxygen atoms in total. The molecule has 0 aliphatic heterocycles. The minimum Gasteiger partial charge on any atom is -0.465 e. The second kappa shape index (κ2) is 8.40. The van der Waals surface area contributed by atoms with E-state index in [1.807, 2.05) is 13.2 Å². The molecule has 0 spiro atoms. The van der Waals surface area contributed by atoms with E-state index in [1.54, 1.807) is 18.7 Å². The van der Waals surface area contributed by atoms with Gasteiger partial charge in [0.2, 0.25) is 0 Å². The fourth-order valence-electron chi connectivity index (χ4n) is 0.931. The van der Waals surface area contributed by atoms with Crippen molar-refractivity contribution >= 4 is 23.8 Å². The van der Waals surface area contributed by atoms with Gasteiger partial charge in [0.1, 0.15) is 6.54 Å². The maximum atomic E-state index is 11.2. The van der Waals surface area contributed by atoms with E-state index in [2.05, 4.69) is 15.4 Å². The first-order valence-corrected chi connectivity index (χ1v) is 6.18. The average molecular weight is 234 g/mol. The van der Waals surface area contributed by atoms with Gasteiger partial charge in [-0.15, -0.1) is 0 Å². The molecule has 0 rings (SSSR count). The second-order valence-corrected chi connectivity index (χ2v) is 3.90. The molecule has 1 atom stereocenters. The molecule has 88 valence electrons. The van der Waals surface area contributed by atoms with E-state index < -0.39 is 5.97 Å². The summed E-state index contributed by atoms with van der Waals surface area (Å²) in [5, 5.41) is 5.12. The summed E-state index contributed by atoms with van der Waals surface area (Å²) < 4.78 is 4.66. The molecule has 0 radical (unpaired) electrons. The highest BCUT2D eigenvalue weighted by molar-refractivity contribution is 7.98. The van der Waals surface area contributed by atoms with Crippen LogP contribution in [0, 0.1) is 0 Å². The van der Waals surface area contributed by atoms with Crippen molar-refractivity contribution in [3.8, 4) is 0 Å². The molecule has 6 heteroatoms. The Kier molecular flexibility index (Phi) is 7.89. The van der Waals surface area contributed by atoms with Crippen molar-refractivity contribution in [2.24, 2.45) is 0 Å². The van der Waals surface area contributed by atoms with Crippen molar-refractivity contribution in [1.29, 1.82) is 0 Å². The van der Waals surface area contributed by atoms with Gasteiger partial charge in [-0.3, -0.25) is 4.79 Å². The Balaban J connectivity index is 3.61. The highest BCUT2D eigenvalue weighted by atomic mass is 32.2. The van der Waals surface area contributed by atoms with Crippen molar-refractivity contribution in [1.82, 2.24) is 10.6 Å². The van der Waals surface area contributed by atoms with Gasteiger partial charge in [0, 0.05) is 11.8 Å². The van der Waals surface area contributed by atoms with Gasteiger partial charge in [-0.25, -0.2) is 4.79 Å². The van der Waals surface area contributed by atoms with Crippen molar-refractivity contribution in [2.45, 2.75) is 19.9 Å². The summed E-state index contributed by atoms with van der Waals surface area (Å²) in [4.78, 5) is 22.1. The van der Waals surface area contributed by atoms with E-state index in [-0.39, 0.29) is 18.6 Å². The molecule has 0 bridgehead atoms. The Labute approximate surface area is 94.3 Å². The summed E-state index contributed by atoms with van der Waals surface area (Å²) in [7, 11) is 0. The molecule has 2 amide bonds. The number of esters is 1. The van der Waals surface area contributed by atoms with E-state index in [4.69, 9.17) is 0 Å². The maximum Gasteiger partial charge on any atom is 0.325 e. The molecule has 0 aromatic carbocycles. The SMILES string of the molecule is CCOC(=O)CNC(=O)NC(C)CSC. The molecule has 0 aliphatic rings. The van der Waals surface area contributed by atoms with Gasteiger partial charge in [0.05, 0.1) is 6.61 Å². The Hall–Kier alpha value is -0.910. The molecule has 0 heterocycles. The molecule has 0 saturated carbocycles. The van der Waals surface area contributed by atoms with Crippen molar-refractivity contribution in [3.63, 3.8) is 0 Å². The molecule has 0 aromatic rings. The smallest absolute Gasteiger partial charge is 0.325 e. The first kappa shape index (κ1) is 14.1. The number of ether oxygens (including phenoxy) is 1. The summed E-state index contributed by atoms with van der Waals surface area (Å²) in [6, 6.07) is -0.258. The number of hydrogen-bond acceptors (Lipinski definition) is 4. The van der Waals surface area contributed by atoms with Crippen LogP contribution in [0.3, 0.4) is 0 Å². The third kappa shape index (κ3) is 8.11. The lowest BCUT2D eigenvalue weighted by Crippen LogP contribution is -2.43. The molecule has 0 saturated heterocycles. The zero-order valence-corrected chi connectivity index (χ0v) is 10.1. The van der Waals surface area contributed by atoms with Gasteiger partial charge >= 0.3 is 12.0 Å². The quantitative estimate of drug-likeness (QED) is 0.660. The topological polar surface area (TPSA) is 67.4 Å². The van der Waals surface area contributed by atoms with Gasteiger partial charge in [-0.1, -0.05) is 0 Å². The number of hydrogen-bond donors (Lipinski definition) is 2. The molecule has 0 aliphatic carbocycles. The van der Waals surface area contributed by atoms with Gasteiger partial charge in [0.25, 0.3) is 0 Å². The van der Waals surface area contributed by atoms with Gasteiger partial charge in [0.15, 0.2) is 0 Å². The number of thioether (sulfide) groups is 1. The number of carbonyl (C=O) groups is 2. The molecule has 1 unspecified atom stereocenters. The number of carbonyl (C=O) groups excluding carboxylic acids is 2. The number of nitrogens with one attached hydrogen (secondary N) is 2. The summed E-state index contributed by atoms with van der Waals surface area (Å²) in [6.45, 7) is 3.86. The Morgan fingerprint density at radius 3 is 2.67 bits per heavy atom. The van der Waals surface area contributed by atoms with Gasteiger partial charge in [-0.2, -0.15) is 11.8 Å². The van der Waals surface area contributed by atoms with Crippen LogP contribution in [0.4, 0.5) is 4.79 Å². The van der Waals surface area contributed by atoms with Crippen LogP contribution < -0.4 is 10.6 Å². The van der Waals surface area contributed by atoms with Crippen LogP contribution in [0.5, 0.6) is 0 Å². The van der Waals surface area contributed by atoms with Crippen molar-refractivity contribution in [2.75, 3.05) is 25.2 Å². The Bertz CT molecular complexity index is 212. The van der Waals surface area contributed by atoms with E-state index in [9.17, 15) is 9.59 Å². The van der Waals surface area contributed by atoms with E-state index in [0.29, 0.717) is 6.61 Å². The predicted molar refractivity (Wildman–Crippen MR) is 61.0 cm³/mol. The molecule has 2 N–H and O–H groups in total. The molecule has 0 fully saturated rings. The lowest BCUT2D eigenvalue weighted by Gasteiger charge is -2.12. The van der Waals surface area contributed by atoms with Crippen LogP contribution in [0.25, 0.3) is 0 Å². The summed E-state index contributed by atoms with van der Waals surface area (Å²) in [5.41, 5.74) is 0. The minimum atomic E-state index is -0.426. The Morgan fingerprint density at radius 2 is 2.13 bits per heavy atom. The lowest BCUT2D eigenvalue weighted by atomic mass is 10.4. The number of amides is 2. The zero-order chi connectivity index (χ0) is 11.7.